The highest BCUT2D eigenvalue weighted by Gasteiger charge is 2.08. The van der Waals surface area contributed by atoms with E-state index in [-0.39, 0.29) is 11.8 Å². The molecule has 0 atom stereocenters. The van der Waals surface area contributed by atoms with E-state index in [2.05, 4.69) is 28.8 Å². The molecule has 0 heterocycles. The van der Waals surface area contributed by atoms with Gasteiger partial charge in [-0.05, 0) is 29.8 Å². The third kappa shape index (κ3) is 5.61. The Balaban J connectivity index is 1.62. The van der Waals surface area contributed by atoms with Crippen LogP contribution in [0.4, 0.5) is 11.4 Å². The summed E-state index contributed by atoms with van der Waals surface area (Å²) in [5.74, 6) is 0.824. The zero-order valence-electron chi connectivity index (χ0n) is 16.3. The molecule has 1 amide bonds. The first-order valence-electron chi connectivity index (χ1n) is 9.51. The molecule has 3 aromatic carbocycles. The van der Waals surface area contributed by atoms with E-state index < -0.39 is 0 Å². The van der Waals surface area contributed by atoms with Crippen molar-refractivity contribution in [2.24, 2.45) is 5.92 Å². The SMILES string of the molecule is CC(C)C(=O)Nc1cccc(NCc2ccccc2OCc2ccccc2)c1. The Kier molecular flexibility index (Phi) is 6.68. The molecule has 0 saturated heterocycles. The van der Waals surface area contributed by atoms with Gasteiger partial charge in [-0.2, -0.15) is 0 Å². The maximum Gasteiger partial charge on any atom is 0.226 e. The molecule has 4 heteroatoms. The Hall–Kier alpha value is -3.27. The number of hydrogen-bond acceptors (Lipinski definition) is 3. The molecule has 0 aromatic heterocycles. The second-order valence-electron chi connectivity index (χ2n) is 6.96. The molecule has 0 unspecified atom stereocenters. The van der Waals surface area contributed by atoms with Gasteiger partial charge in [0.25, 0.3) is 0 Å². The maximum atomic E-state index is 11.9. The van der Waals surface area contributed by atoms with Crippen LogP contribution in [-0.2, 0) is 17.9 Å². The number of carbonyl (C=O) groups is 1. The first-order valence-corrected chi connectivity index (χ1v) is 9.51. The van der Waals surface area contributed by atoms with Crippen LogP contribution in [0, 0.1) is 5.92 Å². The number of anilines is 2. The average Bonchev–Trinajstić information content (AvgIpc) is 2.72. The van der Waals surface area contributed by atoms with Gasteiger partial charge >= 0.3 is 0 Å². The van der Waals surface area contributed by atoms with Gasteiger partial charge in [0, 0.05) is 29.4 Å². The summed E-state index contributed by atoms with van der Waals surface area (Å²) in [7, 11) is 0. The van der Waals surface area contributed by atoms with Crippen LogP contribution in [0.1, 0.15) is 25.0 Å². The van der Waals surface area contributed by atoms with E-state index >= 15 is 0 Å². The number of amides is 1. The zero-order valence-corrected chi connectivity index (χ0v) is 16.3. The van der Waals surface area contributed by atoms with Crippen LogP contribution in [0.3, 0.4) is 0 Å². The van der Waals surface area contributed by atoms with Gasteiger partial charge in [-0.3, -0.25) is 4.79 Å². The summed E-state index contributed by atoms with van der Waals surface area (Å²) in [5.41, 5.74) is 3.95. The van der Waals surface area contributed by atoms with Gasteiger partial charge < -0.3 is 15.4 Å². The normalized spacial score (nSPS) is 10.5. The molecule has 0 spiro atoms. The predicted octanol–water partition coefficient (Wildman–Crippen LogP) is 5.47. The van der Waals surface area contributed by atoms with Crippen LogP contribution in [0.15, 0.2) is 78.9 Å². The average molecular weight is 374 g/mol. The van der Waals surface area contributed by atoms with Crippen LogP contribution >= 0.6 is 0 Å². The Morgan fingerprint density at radius 3 is 2.39 bits per heavy atom. The van der Waals surface area contributed by atoms with Gasteiger partial charge in [0.1, 0.15) is 12.4 Å². The van der Waals surface area contributed by atoms with Crippen molar-refractivity contribution in [1.29, 1.82) is 0 Å². The second kappa shape index (κ2) is 9.60. The minimum atomic E-state index is -0.0507. The molecule has 0 aliphatic rings. The minimum absolute atomic E-state index is 0.0109. The highest BCUT2D eigenvalue weighted by molar-refractivity contribution is 5.92. The Morgan fingerprint density at radius 1 is 0.893 bits per heavy atom. The van der Waals surface area contributed by atoms with Crippen molar-refractivity contribution >= 4 is 17.3 Å². The summed E-state index contributed by atoms with van der Waals surface area (Å²) < 4.78 is 6.02. The molecule has 0 fully saturated rings. The zero-order chi connectivity index (χ0) is 19.8. The van der Waals surface area contributed by atoms with E-state index in [0.717, 1.165) is 28.3 Å². The van der Waals surface area contributed by atoms with E-state index in [0.29, 0.717) is 13.2 Å². The van der Waals surface area contributed by atoms with Crippen molar-refractivity contribution in [3.63, 3.8) is 0 Å². The molecule has 4 nitrogen and oxygen atoms in total. The van der Waals surface area contributed by atoms with E-state index in [1.54, 1.807) is 0 Å². The Labute approximate surface area is 166 Å². The lowest BCUT2D eigenvalue weighted by Crippen LogP contribution is -2.17. The van der Waals surface area contributed by atoms with Gasteiger partial charge in [0.2, 0.25) is 5.91 Å². The Bertz CT molecular complexity index is 907. The third-order valence-corrected chi connectivity index (χ3v) is 4.35. The fraction of sp³-hybridized carbons (Fsp3) is 0.208. The predicted molar refractivity (Wildman–Crippen MR) is 114 cm³/mol. The lowest BCUT2D eigenvalue weighted by molar-refractivity contribution is -0.118. The standard InChI is InChI=1S/C24H26N2O2/c1-18(2)24(27)26-22-13-8-12-21(15-22)25-16-20-11-6-7-14-23(20)28-17-19-9-4-3-5-10-19/h3-15,18,25H,16-17H2,1-2H3,(H,26,27). The van der Waals surface area contributed by atoms with Crippen molar-refractivity contribution in [3.05, 3.63) is 90.0 Å². The van der Waals surface area contributed by atoms with Gasteiger partial charge in [0.05, 0.1) is 0 Å². The molecular formula is C24H26N2O2. The second-order valence-corrected chi connectivity index (χ2v) is 6.96. The summed E-state index contributed by atoms with van der Waals surface area (Å²) in [5, 5.41) is 6.34. The molecule has 28 heavy (non-hydrogen) atoms. The van der Waals surface area contributed by atoms with E-state index in [1.165, 1.54) is 0 Å². The summed E-state index contributed by atoms with van der Waals surface area (Å²) in [6.07, 6.45) is 0. The van der Waals surface area contributed by atoms with Crippen LogP contribution in [0.25, 0.3) is 0 Å². The largest absolute Gasteiger partial charge is 0.489 e. The molecule has 3 rings (SSSR count). The van der Waals surface area contributed by atoms with Gasteiger partial charge in [-0.1, -0.05) is 68.4 Å². The number of ether oxygens (including phenoxy) is 1. The van der Waals surface area contributed by atoms with Crippen LogP contribution in [0.2, 0.25) is 0 Å². The third-order valence-electron chi connectivity index (χ3n) is 4.35. The quantitative estimate of drug-likeness (QED) is 0.549. The lowest BCUT2D eigenvalue weighted by atomic mass is 10.1. The first-order chi connectivity index (χ1) is 13.6. The highest BCUT2D eigenvalue weighted by Crippen LogP contribution is 2.22. The van der Waals surface area contributed by atoms with E-state index in [9.17, 15) is 4.79 Å². The molecule has 3 aromatic rings. The van der Waals surface area contributed by atoms with Gasteiger partial charge in [0.15, 0.2) is 0 Å². The Morgan fingerprint density at radius 2 is 1.61 bits per heavy atom. The lowest BCUT2D eigenvalue weighted by Gasteiger charge is -2.14. The van der Waals surface area contributed by atoms with Crippen LogP contribution < -0.4 is 15.4 Å². The molecule has 0 aliphatic heterocycles. The molecule has 0 saturated carbocycles. The van der Waals surface area contributed by atoms with Crippen molar-refractivity contribution in [1.82, 2.24) is 0 Å². The molecule has 144 valence electrons. The number of nitrogens with one attached hydrogen (secondary N) is 2. The minimum Gasteiger partial charge on any atom is -0.489 e. The van der Waals surface area contributed by atoms with Crippen LogP contribution in [-0.4, -0.2) is 5.91 Å². The number of rotatable bonds is 8. The monoisotopic (exact) mass is 374 g/mol. The smallest absolute Gasteiger partial charge is 0.226 e. The number of hydrogen-bond donors (Lipinski definition) is 2. The fourth-order valence-corrected chi connectivity index (χ4v) is 2.72. The van der Waals surface area contributed by atoms with Crippen molar-refractivity contribution in [2.45, 2.75) is 27.0 Å². The van der Waals surface area contributed by atoms with E-state index in [4.69, 9.17) is 4.74 Å². The van der Waals surface area contributed by atoms with Crippen LogP contribution in [0.5, 0.6) is 5.75 Å². The van der Waals surface area contributed by atoms with Crippen molar-refractivity contribution in [3.8, 4) is 5.75 Å². The summed E-state index contributed by atoms with van der Waals surface area (Å²) in [6.45, 7) is 4.93. The molecule has 2 N–H and O–H groups in total. The molecule has 0 radical (unpaired) electrons. The number of para-hydroxylation sites is 1. The fourth-order valence-electron chi connectivity index (χ4n) is 2.72. The van der Waals surface area contributed by atoms with Crippen molar-refractivity contribution in [2.75, 3.05) is 10.6 Å². The maximum absolute atomic E-state index is 11.9. The highest BCUT2D eigenvalue weighted by atomic mass is 16.5. The van der Waals surface area contributed by atoms with E-state index in [1.807, 2.05) is 74.5 Å². The number of carbonyl (C=O) groups excluding carboxylic acids is 1. The summed E-state index contributed by atoms with van der Waals surface area (Å²) >= 11 is 0. The molecular weight excluding hydrogens is 348 g/mol. The molecule has 0 aliphatic carbocycles. The summed E-state index contributed by atoms with van der Waals surface area (Å²) in [6, 6.07) is 25.9. The van der Waals surface area contributed by atoms with Gasteiger partial charge in [-0.15, -0.1) is 0 Å². The topological polar surface area (TPSA) is 50.4 Å². The van der Waals surface area contributed by atoms with Crippen molar-refractivity contribution < 1.29 is 9.53 Å². The molecule has 0 bridgehead atoms. The van der Waals surface area contributed by atoms with Gasteiger partial charge in [-0.25, -0.2) is 0 Å². The first kappa shape index (κ1) is 19.5. The summed E-state index contributed by atoms with van der Waals surface area (Å²) in [4.78, 5) is 11.9. The number of benzene rings is 3.